The molecule has 6 nitrogen and oxygen atoms in total. The lowest BCUT2D eigenvalue weighted by Crippen LogP contribution is -2.55. The van der Waals surface area contributed by atoms with Gasteiger partial charge in [-0.05, 0) is 31.2 Å². The second-order valence-corrected chi connectivity index (χ2v) is 8.52. The fourth-order valence-electron chi connectivity index (χ4n) is 3.15. The van der Waals surface area contributed by atoms with Crippen LogP contribution in [-0.2, 0) is 14.8 Å². The lowest BCUT2D eigenvalue weighted by atomic mass is 10.1. The molecule has 8 heteroatoms. The van der Waals surface area contributed by atoms with Crippen LogP contribution in [0.2, 0.25) is 5.02 Å². The molecule has 0 bridgehead atoms. The van der Waals surface area contributed by atoms with E-state index < -0.39 is 16.1 Å². The number of hydrogen-bond donors (Lipinski definition) is 0. The molecule has 1 aliphatic heterocycles. The minimum atomic E-state index is -3.63. The molecular weight excluding hydrogens is 362 g/mol. The number of sulfonamides is 1. The zero-order valence-electron chi connectivity index (χ0n) is 15.0. The average Bonchev–Trinajstić information content (AvgIpc) is 2.58. The van der Waals surface area contributed by atoms with Crippen molar-refractivity contribution in [1.82, 2.24) is 9.80 Å². The Morgan fingerprint density at radius 2 is 1.88 bits per heavy atom. The molecule has 1 saturated heterocycles. The van der Waals surface area contributed by atoms with E-state index in [4.69, 9.17) is 11.6 Å². The van der Waals surface area contributed by atoms with Crippen molar-refractivity contribution in [3.63, 3.8) is 0 Å². The molecular formula is C17H26ClN3O3S. The Kier molecular flexibility index (Phi) is 6.71. The van der Waals surface area contributed by atoms with Gasteiger partial charge in [-0.1, -0.05) is 31.5 Å². The van der Waals surface area contributed by atoms with Crippen molar-refractivity contribution in [2.45, 2.75) is 26.3 Å². The van der Waals surface area contributed by atoms with E-state index >= 15 is 0 Å². The van der Waals surface area contributed by atoms with Gasteiger partial charge in [-0.2, -0.15) is 0 Å². The summed E-state index contributed by atoms with van der Waals surface area (Å²) in [4.78, 5) is 17.1. The first-order chi connectivity index (χ1) is 11.8. The van der Waals surface area contributed by atoms with Crippen LogP contribution in [0, 0.1) is 0 Å². The van der Waals surface area contributed by atoms with E-state index in [1.54, 1.807) is 29.2 Å². The highest BCUT2D eigenvalue weighted by Crippen LogP contribution is 2.26. The Morgan fingerprint density at radius 3 is 2.36 bits per heavy atom. The topological polar surface area (TPSA) is 60.9 Å². The summed E-state index contributed by atoms with van der Waals surface area (Å²) in [5.41, 5.74) is 0.419. The molecule has 25 heavy (non-hydrogen) atoms. The first-order valence-electron chi connectivity index (χ1n) is 8.54. The van der Waals surface area contributed by atoms with Gasteiger partial charge in [0, 0.05) is 31.2 Å². The minimum absolute atomic E-state index is 0.149. The van der Waals surface area contributed by atoms with Crippen LogP contribution in [0.5, 0.6) is 0 Å². The zero-order chi connectivity index (χ0) is 18.6. The van der Waals surface area contributed by atoms with E-state index in [1.165, 1.54) is 4.31 Å². The van der Waals surface area contributed by atoms with Crippen molar-refractivity contribution >= 4 is 33.2 Å². The number of benzene rings is 1. The van der Waals surface area contributed by atoms with Gasteiger partial charge < -0.3 is 9.80 Å². The molecule has 0 saturated carbocycles. The van der Waals surface area contributed by atoms with Crippen molar-refractivity contribution in [3.8, 4) is 0 Å². The molecule has 0 spiro atoms. The fourth-order valence-corrected chi connectivity index (χ4v) is 4.53. The molecule has 1 fully saturated rings. The molecule has 1 amide bonds. The summed E-state index contributed by atoms with van der Waals surface area (Å²) < 4.78 is 26.1. The number of hydrogen-bond acceptors (Lipinski definition) is 4. The van der Waals surface area contributed by atoms with Crippen molar-refractivity contribution < 1.29 is 13.2 Å². The van der Waals surface area contributed by atoms with Crippen molar-refractivity contribution in [3.05, 3.63) is 29.3 Å². The van der Waals surface area contributed by atoms with E-state index in [9.17, 15) is 13.2 Å². The van der Waals surface area contributed by atoms with Crippen molar-refractivity contribution in [1.29, 1.82) is 0 Å². The van der Waals surface area contributed by atoms with Gasteiger partial charge >= 0.3 is 0 Å². The Morgan fingerprint density at radius 1 is 1.24 bits per heavy atom. The van der Waals surface area contributed by atoms with Gasteiger partial charge in [0.25, 0.3) is 0 Å². The zero-order valence-corrected chi connectivity index (χ0v) is 16.6. The molecule has 0 aromatic heterocycles. The number of piperazine rings is 1. The van der Waals surface area contributed by atoms with Gasteiger partial charge in [0.05, 0.1) is 11.9 Å². The maximum absolute atomic E-state index is 13.0. The predicted octanol–water partition coefficient (Wildman–Crippen LogP) is 2.05. The molecule has 1 heterocycles. The van der Waals surface area contributed by atoms with Crippen LogP contribution in [0.15, 0.2) is 24.3 Å². The number of anilines is 1. The highest BCUT2D eigenvalue weighted by atomic mass is 35.5. The normalized spacial score (nSPS) is 17.4. The van der Waals surface area contributed by atoms with Gasteiger partial charge in [0.2, 0.25) is 15.9 Å². The van der Waals surface area contributed by atoms with E-state index in [0.717, 1.165) is 25.9 Å². The molecule has 1 atom stereocenters. The summed E-state index contributed by atoms with van der Waals surface area (Å²) in [6.07, 6.45) is 1.52. The van der Waals surface area contributed by atoms with Gasteiger partial charge in [0.15, 0.2) is 0 Å². The molecule has 1 unspecified atom stereocenters. The molecule has 2 rings (SSSR count). The van der Waals surface area contributed by atoms with Crippen LogP contribution >= 0.6 is 11.6 Å². The molecule has 1 aromatic carbocycles. The molecule has 1 aliphatic rings. The Hall–Kier alpha value is -1.31. The largest absolute Gasteiger partial charge is 0.338 e. The second kappa shape index (κ2) is 8.38. The van der Waals surface area contributed by atoms with Crippen molar-refractivity contribution in [2.75, 3.05) is 43.3 Å². The highest BCUT2D eigenvalue weighted by Gasteiger charge is 2.35. The molecule has 0 N–H and O–H groups in total. The first kappa shape index (κ1) is 20.0. The third kappa shape index (κ3) is 4.86. The lowest BCUT2D eigenvalue weighted by molar-refractivity contribution is -0.134. The lowest BCUT2D eigenvalue weighted by Gasteiger charge is -2.38. The summed E-state index contributed by atoms with van der Waals surface area (Å²) in [5, 5.41) is 0.435. The van der Waals surface area contributed by atoms with Crippen molar-refractivity contribution in [2.24, 2.45) is 0 Å². The second-order valence-electron chi connectivity index (χ2n) is 6.22. The van der Waals surface area contributed by atoms with Gasteiger partial charge in [-0.25, -0.2) is 8.42 Å². The number of nitrogens with zero attached hydrogens (tertiary/aromatic N) is 3. The predicted molar refractivity (Wildman–Crippen MR) is 102 cm³/mol. The minimum Gasteiger partial charge on any atom is -0.338 e. The first-order valence-corrected chi connectivity index (χ1v) is 10.8. The van der Waals surface area contributed by atoms with Crippen LogP contribution in [0.4, 0.5) is 5.69 Å². The van der Waals surface area contributed by atoms with E-state index in [1.807, 2.05) is 6.92 Å². The summed E-state index contributed by atoms with van der Waals surface area (Å²) in [5.74, 6) is -0.149. The summed E-state index contributed by atoms with van der Waals surface area (Å²) in [6.45, 7) is 7.75. The molecule has 0 aliphatic carbocycles. The van der Waals surface area contributed by atoms with Crippen LogP contribution < -0.4 is 4.31 Å². The van der Waals surface area contributed by atoms with Gasteiger partial charge in [-0.15, -0.1) is 0 Å². The quantitative estimate of drug-likeness (QED) is 0.749. The van der Waals surface area contributed by atoms with Gasteiger partial charge in [-0.3, -0.25) is 9.10 Å². The molecule has 1 aromatic rings. The third-order valence-electron chi connectivity index (χ3n) is 4.51. The number of carbonyl (C=O) groups excluding carboxylic acids is 1. The van der Waals surface area contributed by atoms with Crippen LogP contribution in [0.25, 0.3) is 0 Å². The third-order valence-corrected chi connectivity index (χ3v) is 5.92. The summed E-state index contributed by atoms with van der Waals surface area (Å²) in [6, 6.07) is 5.85. The fraction of sp³-hybridized carbons (Fsp3) is 0.588. The van der Waals surface area contributed by atoms with Crippen LogP contribution in [0.1, 0.15) is 20.3 Å². The highest BCUT2D eigenvalue weighted by molar-refractivity contribution is 7.92. The number of rotatable bonds is 6. The number of halogens is 1. The van der Waals surface area contributed by atoms with E-state index in [-0.39, 0.29) is 5.91 Å². The molecule has 140 valence electrons. The number of carbonyl (C=O) groups is 1. The SMILES string of the molecule is CCC(C(=O)N1CCN(CC)CC1)N(c1cccc(Cl)c1)S(C)(=O)=O. The van der Waals surface area contributed by atoms with Crippen LogP contribution in [-0.4, -0.2) is 69.1 Å². The maximum Gasteiger partial charge on any atom is 0.246 e. The standard InChI is InChI=1S/C17H26ClN3O3S/c1-4-16(17(22)20-11-9-19(5-2)10-12-20)21(25(3,23)24)15-8-6-7-14(18)13-15/h6-8,13,16H,4-5,9-12H2,1-3H3. The molecule has 0 radical (unpaired) electrons. The Balaban J connectivity index is 2.29. The monoisotopic (exact) mass is 387 g/mol. The Labute approximate surface area is 155 Å². The summed E-state index contributed by atoms with van der Waals surface area (Å²) in [7, 11) is -3.63. The van der Waals surface area contributed by atoms with E-state index in [2.05, 4.69) is 11.8 Å². The Bertz CT molecular complexity index is 703. The average molecular weight is 388 g/mol. The van der Waals surface area contributed by atoms with E-state index in [0.29, 0.717) is 30.2 Å². The smallest absolute Gasteiger partial charge is 0.246 e. The summed E-state index contributed by atoms with van der Waals surface area (Å²) >= 11 is 6.02. The maximum atomic E-state index is 13.0. The number of amides is 1. The number of likely N-dealkylation sites (N-methyl/N-ethyl adjacent to an activating group) is 1. The van der Waals surface area contributed by atoms with Gasteiger partial charge in [0.1, 0.15) is 6.04 Å². The van der Waals surface area contributed by atoms with Crippen LogP contribution in [0.3, 0.4) is 0 Å².